The summed E-state index contributed by atoms with van der Waals surface area (Å²) in [4.78, 5) is 0. The van der Waals surface area contributed by atoms with E-state index in [0.29, 0.717) is 0 Å². The monoisotopic (exact) mass is 381 g/mol. The molecule has 5 heteroatoms. The van der Waals surface area contributed by atoms with Gasteiger partial charge in [0.15, 0.2) is 0 Å². The number of ether oxygens (including phenoxy) is 1. The lowest BCUT2D eigenvalue weighted by Gasteiger charge is -2.11. The Bertz CT molecular complexity index is 361. The van der Waals surface area contributed by atoms with Gasteiger partial charge < -0.3 is 10.1 Å². The zero-order valence-electron chi connectivity index (χ0n) is 10.1. The summed E-state index contributed by atoms with van der Waals surface area (Å²) in [6, 6.07) is 4.00. The third-order valence-electron chi connectivity index (χ3n) is 2.23. The van der Waals surface area contributed by atoms with E-state index >= 15 is 0 Å². The SMILES string of the molecule is CCSCCCNc1cc(OC)c(Br)cc1Br. The van der Waals surface area contributed by atoms with E-state index in [2.05, 4.69) is 44.1 Å². The van der Waals surface area contributed by atoms with Crippen molar-refractivity contribution >= 4 is 49.3 Å². The first-order chi connectivity index (χ1) is 8.19. The predicted octanol–water partition coefficient (Wildman–Crippen LogP) is 4.78. The summed E-state index contributed by atoms with van der Waals surface area (Å²) in [5.74, 6) is 3.24. The second kappa shape index (κ2) is 8.27. The Kier molecular flexibility index (Phi) is 7.39. The molecule has 0 aliphatic heterocycles. The predicted molar refractivity (Wildman–Crippen MR) is 84.5 cm³/mol. The van der Waals surface area contributed by atoms with Crippen LogP contribution in [0.15, 0.2) is 21.1 Å². The van der Waals surface area contributed by atoms with Crippen LogP contribution in [0.5, 0.6) is 5.75 Å². The number of thioether (sulfide) groups is 1. The molecule has 0 saturated heterocycles. The van der Waals surface area contributed by atoms with Crippen molar-refractivity contribution in [1.82, 2.24) is 0 Å². The van der Waals surface area contributed by atoms with Crippen LogP contribution in [0.25, 0.3) is 0 Å². The zero-order chi connectivity index (χ0) is 12.7. The van der Waals surface area contributed by atoms with Crippen LogP contribution in [-0.4, -0.2) is 25.2 Å². The van der Waals surface area contributed by atoms with Crippen LogP contribution in [0.1, 0.15) is 13.3 Å². The summed E-state index contributed by atoms with van der Waals surface area (Å²) in [7, 11) is 1.68. The lowest BCUT2D eigenvalue weighted by Crippen LogP contribution is -2.03. The molecule has 0 spiro atoms. The van der Waals surface area contributed by atoms with Crippen molar-refractivity contribution < 1.29 is 4.74 Å². The fraction of sp³-hybridized carbons (Fsp3) is 0.500. The molecule has 0 aliphatic carbocycles. The summed E-state index contributed by atoms with van der Waals surface area (Å²) >= 11 is 8.97. The number of halogens is 2. The van der Waals surface area contributed by atoms with Crippen LogP contribution < -0.4 is 10.1 Å². The van der Waals surface area contributed by atoms with E-state index in [1.807, 2.05) is 23.9 Å². The molecule has 0 heterocycles. The Balaban J connectivity index is 2.52. The summed E-state index contributed by atoms with van der Waals surface area (Å²) in [5.41, 5.74) is 1.08. The number of anilines is 1. The Morgan fingerprint density at radius 3 is 2.71 bits per heavy atom. The molecule has 1 N–H and O–H groups in total. The van der Waals surface area contributed by atoms with Crippen LogP contribution in [0.3, 0.4) is 0 Å². The number of rotatable bonds is 7. The summed E-state index contributed by atoms with van der Waals surface area (Å²) < 4.78 is 7.28. The molecule has 2 nitrogen and oxygen atoms in total. The maximum absolute atomic E-state index is 5.27. The molecule has 1 aromatic carbocycles. The average molecular weight is 383 g/mol. The van der Waals surface area contributed by atoms with Crippen LogP contribution >= 0.6 is 43.6 Å². The van der Waals surface area contributed by atoms with E-state index in [9.17, 15) is 0 Å². The minimum atomic E-state index is 0.846. The van der Waals surface area contributed by atoms with Crippen LogP contribution in [0, 0.1) is 0 Å². The second-order valence-corrected chi connectivity index (χ2v) is 6.55. The van der Waals surface area contributed by atoms with Crippen molar-refractivity contribution in [2.75, 3.05) is 30.5 Å². The lowest BCUT2D eigenvalue weighted by atomic mass is 10.3. The van der Waals surface area contributed by atoms with Crippen LogP contribution in [-0.2, 0) is 0 Å². The van der Waals surface area contributed by atoms with E-state index in [1.54, 1.807) is 7.11 Å². The largest absolute Gasteiger partial charge is 0.495 e. The van der Waals surface area contributed by atoms with Gasteiger partial charge in [-0.05, 0) is 55.9 Å². The number of hydrogen-bond donors (Lipinski definition) is 1. The molecule has 0 bridgehead atoms. The van der Waals surface area contributed by atoms with E-state index < -0.39 is 0 Å². The van der Waals surface area contributed by atoms with Gasteiger partial charge in [-0.25, -0.2) is 0 Å². The Labute approximate surface area is 124 Å². The van der Waals surface area contributed by atoms with Crippen molar-refractivity contribution in [1.29, 1.82) is 0 Å². The van der Waals surface area contributed by atoms with Gasteiger partial charge in [-0.15, -0.1) is 0 Å². The van der Waals surface area contributed by atoms with Gasteiger partial charge >= 0.3 is 0 Å². The molecule has 0 aromatic heterocycles. The van der Waals surface area contributed by atoms with Gasteiger partial charge in [0.05, 0.1) is 17.3 Å². The smallest absolute Gasteiger partial charge is 0.135 e. The van der Waals surface area contributed by atoms with Crippen molar-refractivity contribution in [3.63, 3.8) is 0 Å². The van der Waals surface area contributed by atoms with Crippen LogP contribution in [0.4, 0.5) is 5.69 Å². The Morgan fingerprint density at radius 2 is 2.06 bits per heavy atom. The van der Waals surface area contributed by atoms with Crippen molar-refractivity contribution in [2.45, 2.75) is 13.3 Å². The first kappa shape index (κ1) is 15.2. The Hall–Kier alpha value is 0.130. The van der Waals surface area contributed by atoms with Gasteiger partial charge in [0.25, 0.3) is 0 Å². The maximum Gasteiger partial charge on any atom is 0.135 e. The molecular formula is C12H17Br2NOS. The highest BCUT2D eigenvalue weighted by Gasteiger charge is 2.06. The van der Waals surface area contributed by atoms with Crippen LogP contribution in [0.2, 0.25) is 0 Å². The minimum absolute atomic E-state index is 0.846. The fourth-order valence-electron chi connectivity index (χ4n) is 1.36. The summed E-state index contributed by atoms with van der Waals surface area (Å²) in [5, 5.41) is 3.41. The molecule has 17 heavy (non-hydrogen) atoms. The number of methoxy groups -OCH3 is 1. The molecule has 0 saturated carbocycles. The third kappa shape index (κ3) is 5.10. The molecule has 1 aromatic rings. The normalized spacial score (nSPS) is 10.4. The van der Waals surface area contributed by atoms with Gasteiger partial charge in [0, 0.05) is 17.1 Å². The topological polar surface area (TPSA) is 21.3 Å². The maximum atomic E-state index is 5.27. The summed E-state index contributed by atoms with van der Waals surface area (Å²) in [6.07, 6.45) is 1.17. The molecule has 0 unspecified atom stereocenters. The molecule has 0 atom stereocenters. The van der Waals surface area contributed by atoms with E-state index in [1.165, 1.54) is 17.9 Å². The molecule has 0 fully saturated rings. The fourth-order valence-corrected chi connectivity index (χ4v) is 3.30. The number of nitrogens with one attached hydrogen (secondary N) is 1. The first-order valence-corrected chi connectivity index (χ1v) is 8.27. The van der Waals surface area contributed by atoms with E-state index in [0.717, 1.165) is 26.9 Å². The molecular weight excluding hydrogens is 366 g/mol. The molecule has 96 valence electrons. The minimum Gasteiger partial charge on any atom is -0.495 e. The van der Waals surface area contributed by atoms with Gasteiger partial charge in [-0.1, -0.05) is 6.92 Å². The van der Waals surface area contributed by atoms with E-state index in [-0.39, 0.29) is 0 Å². The highest BCUT2D eigenvalue weighted by Crippen LogP contribution is 2.34. The molecule has 1 rings (SSSR count). The van der Waals surface area contributed by atoms with Gasteiger partial charge in [0.1, 0.15) is 5.75 Å². The number of benzene rings is 1. The van der Waals surface area contributed by atoms with Crippen molar-refractivity contribution in [3.8, 4) is 5.75 Å². The Morgan fingerprint density at radius 1 is 1.29 bits per heavy atom. The zero-order valence-corrected chi connectivity index (χ0v) is 14.0. The standard InChI is InChI=1S/C12H17Br2NOS/c1-3-17-6-4-5-15-11-8-12(16-2)10(14)7-9(11)13/h7-8,15H,3-6H2,1-2H3. The molecule has 0 aliphatic rings. The lowest BCUT2D eigenvalue weighted by molar-refractivity contribution is 0.412. The van der Waals surface area contributed by atoms with Gasteiger partial charge in [-0.3, -0.25) is 0 Å². The van der Waals surface area contributed by atoms with Crippen molar-refractivity contribution in [3.05, 3.63) is 21.1 Å². The van der Waals surface area contributed by atoms with E-state index in [4.69, 9.17) is 4.74 Å². The highest BCUT2D eigenvalue weighted by atomic mass is 79.9. The second-order valence-electron chi connectivity index (χ2n) is 3.44. The quantitative estimate of drug-likeness (QED) is 0.686. The molecule has 0 amide bonds. The molecule has 0 radical (unpaired) electrons. The van der Waals surface area contributed by atoms with Gasteiger partial charge in [-0.2, -0.15) is 11.8 Å². The van der Waals surface area contributed by atoms with Crippen molar-refractivity contribution in [2.24, 2.45) is 0 Å². The number of hydrogen-bond acceptors (Lipinski definition) is 3. The first-order valence-electron chi connectivity index (χ1n) is 5.53. The third-order valence-corrected chi connectivity index (χ3v) is 4.49. The average Bonchev–Trinajstić information content (AvgIpc) is 2.31. The summed E-state index contributed by atoms with van der Waals surface area (Å²) in [6.45, 7) is 3.17. The van der Waals surface area contributed by atoms with Gasteiger partial charge in [0.2, 0.25) is 0 Å². The highest BCUT2D eigenvalue weighted by molar-refractivity contribution is 9.11.